The first-order valence-electron chi connectivity index (χ1n) is 8.75. The number of hydrogen-bond acceptors (Lipinski definition) is 0. The summed E-state index contributed by atoms with van der Waals surface area (Å²) in [6.45, 7) is 0. The third-order valence-corrected chi connectivity index (χ3v) is 9.21. The van der Waals surface area contributed by atoms with E-state index in [1.165, 1.54) is 15.9 Å². The Bertz CT molecular complexity index is 788. The van der Waals surface area contributed by atoms with E-state index in [4.69, 9.17) is 0 Å². The highest BCUT2D eigenvalue weighted by Gasteiger charge is 2.44. The molecule has 132 valence electrons. The van der Waals surface area contributed by atoms with Crippen molar-refractivity contribution in [3.63, 3.8) is 0 Å². The fourth-order valence-corrected chi connectivity index (χ4v) is 7.55. The number of rotatable bonds is 4. The predicted molar refractivity (Wildman–Crippen MR) is 123 cm³/mol. The molecule has 0 aliphatic carbocycles. The van der Waals surface area contributed by atoms with Gasteiger partial charge in [0.2, 0.25) is 0 Å². The zero-order valence-electron chi connectivity index (χ0n) is 15.7. The zero-order valence-corrected chi connectivity index (χ0v) is 17.4. The summed E-state index contributed by atoms with van der Waals surface area (Å²) in [5.41, 5.74) is 0. The first-order chi connectivity index (χ1) is 12.5. The number of hydrogen-bond donors (Lipinski definition) is 0. The largest absolute Gasteiger partial charge is 0.186 e. The fraction of sp³-hybridized carbons (Fsp3) is 0.167. The molecule has 0 amide bonds. The van der Waals surface area contributed by atoms with E-state index < -0.39 is 17.3 Å². The van der Waals surface area contributed by atoms with E-state index in [0.29, 0.717) is 0 Å². The van der Waals surface area contributed by atoms with Crippen LogP contribution in [0.3, 0.4) is 0 Å². The molecule has 3 aromatic carbocycles. The van der Waals surface area contributed by atoms with E-state index in [2.05, 4.69) is 121 Å². The maximum Gasteiger partial charge on any atom is 0.134 e. The standard InChI is InChI=1S/C24H26PS/c1-26(2,3)21-13-20-25(22-14-7-4-8-15-22,23-16-9-5-10-17-23)24-18-11-6-12-19-24/h4-12,14-19H,20H2,1-3H3/q+1. The molecule has 0 saturated heterocycles. The van der Waals surface area contributed by atoms with Gasteiger partial charge in [0.05, 0.1) is 0 Å². The minimum atomic E-state index is -1.80. The fourth-order valence-electron chi connectivity index (χ4n) is 3.14. The molecule has 0 fully saturated rings. The van der Waals surface area contributed by atoms with Crippen molar-refractivity contribution in [2.75, 3.05) is 24.9 Å². The second kappa shape index (κ2) is 8.13. The smallest absolute Gasteiger partial charge is 0.134 e. The Morgan fingerprint density at radius 3 is 1.27 bits per heavy atom. The summed E-state index contributed by atoms with van der Waals surface area (Å²) in [5.74, 6) is 3.60. The molecule has 3 aromatic rings. The van der Waals surface area contributed by atoms with E-state index in [1.54, 1.807) is 0 Å². The molecule has 0 bridgehead atoms. The average molecular weight is 378 g/mol. The Morgan fingerprint density at radius 1 is 0.615 bits per heavy atom. The van der Waals surface area contributed by atoms with Gasteiger partial charge in [0.1, 0.15) is 29.3 Å². The summed E-state index contributed by atoms with van der Waals surface area (Å²) in [6, 6.07) is 32.9. The summed E-state index contributed by atoms with van der Waals surface area (Å²) < 4.78 is 0. The average Bonchev–Trinajstić information content (AvgIpc) is 2.67. The van der Waals surface area contributed by atoms with Crippen molar-refractivity contribution in [2.24, 2.45) is 0 Å². The van der Waals surface area contributed by atoms with Gasteiger partial charge < -0.3 is 0 Å². The lowest BCUT2D eigenvalue weighted by atomic mass is 10.4. The number of benzene rings is 3. The molecule has 26 heavy (non-hydrogen) atoms. The second-order valence-corrected chi connectivity index (χ2v) is 14.5. The predicted octanol–water partition coefficient (Wildman–Crippen LogP) is 4.64. The molecule has 0 aliphatic heterocycles. The summed E-state index contributed by atoms with van der Waals surface area (Å²) >= 11 is 0. The van der Waals surface area contributed by atoms with Crippen LogP contribution in [-0.4, -0.2) is 24.9 Å². The lowest BCUT2D eigenvalue weighted by Gasteiger charge is -2.26. The Hall–Kier alpha value is -2.00. The quantitative estimate of drug-likeness (QED) is 0.459. The van der Waals surface area contributed by atoms with Gasteiger partial charge in [-0.2, -0.15) is 10.0 Å². The van der Waals surface area contributed by atoms with Crippen molar-refractivity contribution in [3.8, 4) is 11.2 Å². The van der Waals surface area contributed by atoms with Crippen molar-refractivity contribution in [1.82, 2.24) is 0 Å². The first-order valence-corrected chi connectivity index (χ1v) is 13.6. The summed E-state index contributed by atoms with van der Waals surface area (Å²) in [4.78, 5) is 0. The van der Waals surface area contributed by atoms with E-state index in [9.17, 15) is 0 Å². The minimum Gasteiger partial charge on any atom is -0.186 e. The van der Waals surface area contributed by atoms with Gasteiger partial charge in [0, 0.05) is 0 Å². The van der Waals surface area contributed by atoms with E-state index in [0.717, 1.165) is 6.16 Å². The van der Waals surface area contributed by atoms with Gasteiger partial charge in [-0.15, -0.1) is 0 Å². The Balaban J connectivity index is 2.26. The van der Waals surface area contributed by atoms with Crippen LogP contribution in [0.2, 0.25) is 0 Å². The van der Waals surface area contributed by atoms with Crippen LogP contribution in [-0.2, 0) is 0 Å². The summed E-state index contributed by atoms with van der Waals surface area (Å²) in [6.07, 6.45) is 7.66. The van der Waals surface area contributed by atoms with Crippen LogP contribution < -0.4 is 15.9 Å². The van der Waals surface area contributed by atoms with Crippen LogP contribution in [0.15, 0.2) is 91.0 Å². The van der Waals surface area contributed by atoms with Crippen molar-refractivity contribution >= 4 is 33.2 Å². The lowest BCUT2D eigenvalue weighted by molar-refractivity contribution is 1.69. The molecule has 0 aliphatic rings. The van der Waals surface area contributed by atoms with E-state index in [1.807, 2.05) is 0 Å². The van der Waals surface area contributed by atoms with Crippen LogP contribution in [0, 0.1) is 11.2 Å². The third-order valence-electron chi connectivity index (χ3n) is 4.29. The highest BCUT2D eigenvalue weighted by Crippen LogP contribution is 2.55. The summed E-state index contributed by atoms with van der Waals surface area (Å²) in [7, 11) is -2.64. The van der Waals surface area contributed by atoms with Crippen molar-refractivity contribution in [2.45, 2.75) is 0 Å². The SMILES string of the molecule is CS(C)(C)C#CC[P+](c1ccccc1)(c1ccccc1)c1ccccc1. The van der Waals surface area contributed by atoms with Crippen molar-refractivity contribution < 1.29 is 0 Å². The van der Waals surface area contributed by atoms with Gasteiger partial charge in [-0.1, -0.05) is 65.8 Å². The maximum absolute atomic E-state index is 3.60. The van der Waals surface area contributed by atoms with Crippen LogP contribution in [0.5, 0.6) is 0 Å². The monoisotopic (exact) mass is 377 g/mol. The van der Waals surface area contributed by atoms with Crippen LogP contribution in [0.1, 0.15) is 0 Å². The molecule has 2 heteroatoms. The van der Waals surface area contributed by atoms with Gasteiger partial charge in [0.25, 0.3) is 0 Å². The van der Waals surface area contributed by atoms with E-state index >= 15 is 0 Å². The van der Waals surface area contributed by atoms with Crippen LogP contribution >= 0.6 is 17.3 Å². The molecule has 0 radical (unpaired) electrons. The molecule has 0 spiro atoms. The minimum absolute atomic E-state index is 0.836. The molecule has 0 aromatic heterocycles. The van der Waals surface area contributed by atoms with Gasteiger partial charge in [-0.25, -0.2) is 0 Å². The molecule has 0 heterocycles. The summed E-state index contributed by atoms with van der Waals surface area (Å²) in [5, 5.41) is 7.74. The normalized spacial score (nSPS) is 12.1. The van der Waals surface area contributed by atoms with Crippen molar-refractivity contribution in [3.05, 3.63) is 91.0 Å². The molecular formula is C24H26PS+. The van der Waals surface area contributed by atoms with E-state index in [-0.39, 0.29) is 0 Å². The highest BCUT2D eigenvalue weighted by atomic mass is 32.3. The highest BCUT2D eigenvalue weighted by molar-refractivity contribution is 8.36. The molecule has 0 nitrogen and oxygen atoms in total. The Kier molecular flexibility index (Phi) is 5.87. The van der Waals surface area contributed by atoms with Gasteiger partial charge in [-0.3, -0.25) is 0 Å². The third kappa shape index (κ3) is 4.21. The first kappa shape index (κ1) is 18.8. The molecule has 3 rings (SSSR count). The lowest BCUT2D eigenvalue weighted by Crippen LogP contribution is -2.33. The van der Waals surface area contributed by atoms with Gasteiger partial charge in [-0.05, 0) is 55.2 Å². The Labute approximate surface area is 160 Å². The van der Waals surface area contributed by atoms with Gasteiger partial charge in [0.15, 0.2) is 0 Å². The Morgan fingerprint density at radius 2 is 0.962 bits per heavy atom. The molecule has 0 atom stereocenters. The second-order valence-electron chi connectivity index (χ2n) is 7.09. The van der Waals surface area contributed by atoms with Crippen LogP contribution in [0.25, 0.3) is 0 Å². The maximum atomic E-state index is 3.60. The molecular weight excluding hydrogens is 351 g/mol. The molecule has 0 unspecified atom stereocenters. The van der Waals surface area contributed by atoms with Crippen LogP contribution in [0.4, 0.5) is 0 Å². The van der Waals surface area contributed by atoms with Crippen molar-refractivity contribution in [1.29, 1.82) is 0 Å². The molecule has 0 N–H and O–H groups in total. The van der Waals surface area contributed by atoms with Gasteiger partial charge >= 0.3 is 0 Å². The molecule has 0 saturated carbocycles. The topological polar surface area (TPSA) is 0 Å². The zero-order chi connectivity index (χ0) is 18.5.